The van der Waals surface area contributed by atoms with Gasteiger partial charge in [-0.2, -0.15) is 0 Å². The van der Waals surface area contributed by atoms with Crippen LogP contribution in [0, 0.1) is 5.82 Å². The van der Waals surface area contributed by atoms with E-state index in [1.165, 1.54) is 12.1 Å². The summed E-state index contributed by atoms with van der Waals surface area (Å²) in [5, 5.41) is 3.67. The highest BCUT2D eigenvalue weighted by Crippen LogP contribution is 2.40. The second-order valence-corrected chi connectivity index (χ2v) is 8.91. The van der Waals surface area contributed by atoms with Gasteiger partial charge in [-0.3, -0.25) is 9.69 Å². The standard InChI is InChI=1S/C27H28ClFN2O3/c1-17(30-27(32)20-5-4-6-21(28)13-20)26-23-15-25(34-3)24(33-2)14-19(23)11-12-31(26)16-18-7-9-22(29)10-8-18/h4-10,13-15,17,26H,11-12,16H2,1-3H3,(H,30,32)/t17-,26+/m1/s1. The highest BCUT2D eigenvalue weighted by molar-refractivity contribution is 6.30. The molecule has 3 aromatic carbocycles. The first kappa shape index (κ1) is 24.0. The van der Waals surface area contributed by atoms with Crippen LogP contribution in [0.3, 0.4) is 0 Å². The fraction of sp³-hybridized carbons (Fsp3) is 0.296. The lowest BCUT2D eigenvalue weighted by Crippen LogP contribution is -2.47. The Morgan fingerprint density at radius 3 is 2.50 bits per heavy atom. The molecule has 1 aliphatic heterocycles. The van der Waals surface area contributed by atoms with E-state index in [2.05, 4.69) is 10.2 Å². The van der Waals surface area contributed by atoms with E-state index >= 15 is 0 Å². The Morgan fingerprint density at radius 2 is 1.82 bits per heavy atom. The minimum absolute atomic E-state index is 0.128. The van der Waals surface area contributed by atoms with Crippen molar-refractivity contribution in [2.45, 2.75) is 32.0 Å². The predicted octanol–water partition coefficient (Wildman–Crippen LogP) is 5.41. The summed E-state index contributed by atoms with van der Waals surface area (Å²) in [6, 6.07) is 17.1. The Labute approximate surface area is 204 Å². The largest absolute Gasteiger partial charge is 0.493 e. The van der Waals surface area contributed by atoms with E-state index < -0.39 is 0 Å². The number of nitrogens with zero attached hydrogens (tertiary/aromatic N) is 1. The predicted molar refractivity (Wildman–Crippen MR) is 131 cm³/mol. The third-order valence-corrected chi connectivity index (χ3v) is 6.48. The number of hydrogen-bond acceptors (Lipinski definition) is 4. The average Bonchev–Trinajstić information content (AvgIpc) is 2.84. The number of carbonyl (C=O) groups excluding carboxylic acids is 1. The fourth-order valence-corrected chi connectivity index (χ4v) is 4.80. The third kappa shape index (κ3) is 5.18. The zero-order valence-corrected chi connectivity index (χ0v) is 20.2. The Bertz CT molecular complexity index is 1170. The fourth-order valence-electron chi connectivity index (χ4n) is 4.61. The Balaban J connectivity index is 1.68. The van der Waals surface area contributed by atoms with Crippen molar-refractivity contribution < 1.29 is 18.7 Å². The van der Waals surface area contributed by atoms with Crippen LogP contribution < -0.4 is 14.8 Å². The van der Waals surface area contributed by atoms with Gasteiger partial charge >= 0.3 is 0 Å². The van der Waals surface area contributed by atoms with Gasteiger partial charge in [0.25, 0.3) is 5.91 Å². The van der Waals surface area contributed by atoms with Gasteiger partial charge in [-0.1, -0.05) is 29.8 Å². The number of fused-ring (bicyclic) bond motifs is 1. The Hall–Kier alpha value is -3.09. The molecular weight excluding hydrogens is 455 g/mol. The Kier molecular flexibility index (Phi) is 7.39. The van der Waals surface area contributed by atoms with Gasteiger partial charge in [0.05, 0.1) is 20.3 Å². The molecule has 1 N–H and O–H groups in total. The van der Waals surface area contributed by atoms with Crippen molar-refractivity contribution >= 4 is 17.5 Å². The lowest BCUT2D eigenvalue weighted by molar-refractivity contribution is 0.0877. The van der Waals surface area contributed by atoms with Crippen molar-refractivity contribution in [2.75, 3.05) is 20.8 Å². The molecule has 1 aliphatic rings. The molecule has 3 aromatic rings. The van der Waals surface area contributed by atoms with E-state index in [0.717, 1.165) is 29.7 Å². The monoisotopic (exact) mass is 482 g/mol. The van der Waals surface area contributed by atoms with Crippen LogP contribution in [-0.2, 0) is 13.0 Å². The number of methoxy groups -OCH3 is 2. The summed E-state index contributed by atoms with van der Waals surface area (Å²) in [6.45, 7) is 3.40. The van der Waals surface area contributed by atoms with E-state index in [9.17, 15) is 9.18 Å². The molecule has 0 saturated carbocycles. The Morgan fingerprint density at radius 1 is 1.12 bits per heavy atom. The van der Waals surface area contributed by atoms with Crippen molar-refractivity contribution in [3.63, 3.8) is 0 Å². The molecule has 1 heterocycles. The summed E-state index contributed by atoms with van der Waals surface area (Å²) < 4.78 is 24.5. The number of hydrogen-bond donors (Lipinski definition) is 1. The van der Waals surface area contributed by atoms with Gasteiger partial charge in [-0.05, 0) is 72.5 Å². The normalized spacial score (nSPS) is 16.4. The van der Waals surface area contributed by atoms with E-state index in [4.69, 9.17) is 21.1 Å². The molecule has 5 nitrogen and oxygen atoms in total. The van der Waals surface area contributed by atoms with Crippen LogP contribution in [0.25, 0.3) is 0 Å². The van der Waals surface area contributed by atoms with Crippen LogP contribution in [0.15, 0.2) is 60.7 Å². The lowest BCUT2D eigenvalue weighted by atomic mass is 9.87. The molecule has 0 radical (unpaired) electrons. The molecule has 0 bridgehead atoms. The van der Waals surface area contributed by atoms with Gasteiger partial charge in [0.15, 0.2) is 11.5 Å². The van der Waals surface area contributed by atoms with Crippen LogP contribution in [0.5, 0.6) is 11.5 Å². The number of nitrogens with one attached hydrogen (secondary N) is 1. The van der Waals surface area contributed by atoms with Crippen molar-refractivity contribution in [1.29, 1.82) is 0 Å². The minimum atomic E-state index is -0.261. The molecule has 0 unspecified atom stereocenters. The molecule has 34 heavy (non-hydrogen) atoms. The molecule has 4 rings (SSSR count). The molecule has 0 spiro atoms. The van der Waals surface area contributed by atoms with Crippen molar-refractivity contribution in [3.8, 4) is 11.5 Å². The van der Waals surface area contributed by atoms with Crippen LogP contribution in [0.1, 0.15) is 40.0 Å². The van der Waals surface area contributed by atoms with Gasteiger partial charge in [0.1, 0.15) is 5.82 Å². The van der Waals surface area contributed by atoms with Gasteiger partial charge < -0.3 is 14.8 Å². The van der Waals surface area contributed by atoms with E-state index in [-0.39, 0.29) is 23.8 Å². The first-order chi connectivity index (χ1) is 16.4. The van der Waals surface area contributed by atoms with Crippen molar-refractivity contribution in [3.05, 3.63) is 93.8 Å². The molecule has 0 aromatic heterocycles. The smallest absolute Gasteiger partial charge is 0.251 e. The first-order valence-electron chi connectivity index (χ1n) is 11.2. The van der Waals surface area contributed by atoms with Gasteiger partial charge in [0, 0.05) is 29.7 Å². The van der Waals surface area contributed by atoms with Gasteiger partial charge in [-0.15, -0.1) is 0 Å². The second-order valence-electron chi connectivity index (χ2n) is 8.47. The molecule has 0 saturated heterocycles. The summed E-state index contributed by atoms with van der Waals surface area (Å²) in [4.78, 5) is 15.3. The highest BCUT2D eigenvalue weighted by Gasteiger charge is 2.34. The summed E-state index contributed by atoms with van der Waals surface area (Å²) in [5.74, 6) is 0.874. The maximum atomic E-state index is 13.5. The highest BCUT2D eigenvalue weighted by atomic mass is 35.5. The van der Waals surface area contributed by atoms with E-state index in [1.807, 2.05) is 19.1 Å². The van der Waals surface area contributed by atoms with Gasteiger partial charge in [0.2, 0.25) is 0 Å². The number of amides is 1. The lowest BCUT2D eigenvalue weighted by Gasteiger charge is -2.41. The first-order valence-corrected chi connectivity index (χ1v) is 11.6. The second kappa shape index (κ2) is 10.5. The summed E-state index contributed by atoms with van der Waals surface area (Å²) in [5.41, 5.74) is 3.74. The van der Waals surface area contributed by atoms with Crippen LogP contribution in [0.4, 0.5) is 4.39 Å². The van der Waals surface area contributed by atoms with Crippen LogP contribution in [0.2, 0.25) is 5.02 Å². The third-order valence-electron chi connectivity index (χ3n) is 6.24. The molecule has 0 aliphatic carbocycles. The zero-order valence-electron chi connectivity index (χ0n) is 19.5. The number of ether oxygens (including phenoxy) is 2. The number of rotatable bonds is 7. The van der Waals surface area contributed by atoms with Crippen LogP contribution in [-0.4, -0.2) is 37.6 Å². The van der Waals surface area contributed by atoms with Crippen molar-refractivity contribution in [2.24, 2.45) is 0 Å². The average molecular weight is 483 g/mol. The van der Waals surface area contributed by atoms with Gasteiger partial charge in [-0.25, -0.2) is 4.39 Å². The topological polar surface area (TPSA) is 50.8 Å². The maximum absolute atomic E-state index is 13.5. The quantitative estimate of drug-likeness (QED) is 0.489. The molecular formula is C27H28ClFN2O3. The summed E-state index contributed by atoms with van der Waals surface area (Å²) >= 11 is 6.09. The number of benzene rings is 3. The maximum Gasteiger partial charge on any atom is 0.251 e. The molecule has 7 heteroatoms. The van der Waals surface area contributed by atoms with Crippen molar-refractivity contribution in [1.82, 2.24) is 10.2 Å². The molecule has 0 fully saturated rings. The molecule has 2 atom stereocenters. The SMILES string of the molecule is COc1cc2c(cc1OC)[C@H]([C@@H](C)NC(=O)c1cccc(Cl)c1)N(Cc1ccc(F)cc1)CC2. The molecule has 178 valence electrons. The minimum Gasteiger partial charge on any atom is -0.493 e. The van der Waals surface area contributed by atoms with Crippen LogP contribution >= 0.6 is 11.6 Å². The van der Waals surface area contributed by atoms with E-state index in [1.54, 1.807) is 50.6 Å². The number of carbonyl (C=O) groups is 1. The van der Waals surface area contributed by atoms with E-state index in [0.29, 0.717) is 28.6 Å². The summed E-state index contributed by atoms with van der Waals surface area (Å²) in [6.07, 6.45) is 0.822. The summed E-state index contributed by atoms with van der Waals surface area (Å²) in [7, 11) is 3.24. The molecule has 1 amide bonds. The number of halogens is 2. The zero-order chi connectivity index (χ0) is 24.2.